The van der Waals surface area contributed by atoms with Crippen LogP contribution in [0.25, 0.3) is 0 Å². The number of benzene rings is 1. The lowest BCUT2D eigenvalue weighted by Gasteiger charge is -2.25. The Kier molecular flexibility index (Phi) is 2.86. The number of nitrogens with one attached hydrogen (secondary N) is 2. The van der Waals surface area contributed by atoms with Gasteiger partial charge in [-0.25, -0.2) is 0 Å². The summed E-state index contributed by atoms with van der Waals surface area (Å²) in [6.45, 7) is 3.43. The van der Waals surface area contributed by atoms with E-state index in [1.807, 2.05) is 0 Å². The minimum Gasteiger partial charge on any atom is -0.479 e. The first-order chi connectivity index (χ1) is 9.47. The van der Waals surface area contributed by atoms with Gasteiger partial charge in [0.2, 0.25) is 0 Å². The molecule has 3 rings (SSSR count). The van der Waals surface area contributed by atoms with E-state index < -0.39 is 6.10 Å². The van der Waals surface area contributed by atoms with Crippen LogP contribution in [0.2, 0.25) is 0 Å². The van der Waals surface area contributed by atoms with Gasteiger partial charge in [-0.05, 0) is 44.3 Å². The zero-order chi connectivity index (χ0) is 14.4. The van der Waals surface area contributed by atoms with Gasteiger partial charge in [0, 0.05) is 0 Å². The van der Waals surface area contributed by atoms with Crippen LogP contribution in [0.3, 0.4) is 0 Å². The van der Waals surface area contributed by atoms with Gasteiger partial charge in [-0.3, -0.25) is 14.5 Å². The number of rotatable bonds is 1. The second-order valence-corrected chi connectivity index (χ2v) is 5.16. The summed E-state index contributed by atoms with van der Waals surface area (Å²) in [6.07, 6.45) is -0.524. The van der Waals surface area contributed by atoms with Gasteiger partial charge in [0.05, 0.1) is 11.4 Å². The van der Waals surface area contributed by atoms with E-state index in [1.165, 1.54) is 4.90 Å². The number of fused-ring (bicyclic) bond motifs is 1. The lowest BCUT2D eigenvalue weighted by Crippen LogP contribution is -2.35. The van der Waals surface area contributed by atoms with Crippen molar-refractivity contribution in [3.05, 3.63) is 18.2 Å². The number of carbonyl (C=O) groups is 2. The van der Waals surface area contributed by atoms with Crippen LogP contribution in [0.4, 0.5) is 11.4 Å². The summed E-state index contributed by atoms with van der Waals surface area (Å²) in [5.74, 6) is 0.252. The second kappa shape index (κ2) is 4.45. The first-order valence-corrected chi connectivity index (χ1v) is 6.64. The Morgan fingerprint density at radius 2 is 2.05 bits per heavy atom. The number of amides is 2. The fourth-order valence-electron chi connectivity index (χ4n) is 2.19. The maximum Gasteiger partial charge on any atom is 0.265 e. The quantitative estimate of drug-likeness (QED) is 0.756. The minimum absolute atomic E-state index is 0.119. The van der Waals surface area contributed by atoms with E-state index in [0.717, 1.165) is 0 Å². The van der Waals surface area contributed by atoms with Crippen LogP contribution >= 0.6 is 12.2 Å². The molecule has 2 amide bonds. The molecule has 2 N–H and O–H groups in total. The molecule has 0 saturated carbocycles. The van der Waals surface area contributed by atoms with Crippen molar-refractivity contribution in [1.82, 2.24) is 5.32 Å². The van der Waals surface area contributed by atoms with E-state index in [0.29, 0.717) is 22.2 Å². The lowest BCUT2D eigenvalue weighted by atomic mass is 10.2. The zero-order valence-corrected chi connectivity index (χ0v) is 11.8. The molecular weight excluding hydrogens is 278 g/mol. The van der Waals surface area contributed by atoms with Gasteiger partial charge in [-0.15, -0.1) is 0 Å². The molecule has 0 unspecified atom stereocenters. The molecule has 1 aromatic rings. The van der Waals surface area contributed by atoms with Gasteiger partial charge in [-0.2, -0.15) is 0 Å². The first kappa shape index (κ1) is 12.9. The Hall–Kier alpha value is -2.15. The predicted molar refractivity (Wildman–Crippen MR) is 77.8 cm³/mol. The molecule has 1 saturated heterocycles. The highest BCUT2D eigenvalue weighted by Crippen LogP contribution is 2.34. The number of thiocarbonyl (C=S) groups is 1. The Morgan fingerprint density at radius 3 is 2.70 bits per heavy atom. The molecule has 0 spiro atoms. The van der Waals surface area contributed by atoms with Crippen LogP contribution in [-0.4, -0.2) is 29.1 Å². The Labute approximate surface area is 121 Å². The summed E-state index contributed by atoms with van der Waals surface area (Å²) in [7, 11) is 0. The van der Waals surface area contributed by atoms with E-state index in [4.69, 9.17) is 17.0 Å². The third-order valence-electron chi connectivity index (χ3n) is 3.29. The van der Waals surface area contributed by atoms with E-state index >= 15 is 0 Å². The molecule has 104 valence electrons. The molecule has 2 aliphatic heterocycles. The van der Waals surface area contributed by atoms with Crippen molar-refractivity contribution in [3.63, 3.8) is 0 Å². The maximum absolute atomic E-state index is 12.1. The van der Waals surface area contributed by atoms with E-state index in [1.54, 1.807) is 32.0 Å². The molecule has 6 nitrogen and oxygen atoms in total. The molecule has 7 heteroatoms. The Bertz CT molecular complexity index is 631. The van der Waals surface area contributed by atoms with Crippen molar-refractivity contribution in [2.24, 2.45) is 0 Å². The van der Waals surface area contributed by atoms with E-state index in [9.17, 15) is 9.59 Å². The largest absolute Gasteiger partial charge is 0.479 e. The third kappa shape index (κ3) is 1.90. The number of ether oxygens (including phenoxy) is 1. The molecule has 2 aliphatic rings. The lowest BCUT2D eigenvalue weighted by molar-refractivity contribution is -0.122. The molecule has 2 heterocycles. The monoisotopic (exact) mass is 291 g/mol. The average molecular weight is 291 g/mol. The van der Waals surface area contributed by atoms with Crippen molar-refractivity contribution in [2.75, 3.05) is 10.2 Å². The van der Waals surface area contributed by atoms with E-state index in [-0.39, 0.29) is 17.9 Å². The highest BCUT2D eigenvalue weighted by atomic mass is 32.1. The topological polar surface area (TPSA) is 70.7 Å². The van der Waals surface area contributed by atoms with Crippen LogP contribution in [0.5, 0.6) is 5.75 Å². The van der Waals surface area contributed by atoms with Crippen molar-refractivity contribution in [2.45, 2.75) is 26.0 Å². The summed E-state index contributed by atoms with van der Waals surface area (Å²) in [4.78, 5) is 25.1. The van der Waals surface area contributed by atoms with Crippen LogP contribution in [0, 0.1) is 0 Å². The van der Waals surface area contributed by atoms with Crippen molar-refractivity contribution in [1.29, 1.82) is 0 Å². The van der Waals surface area contributed by atoms with Gasteiger partial charge in [0.15, 0.2) is 11.2 Å². The molecule has 20 heavy (non-hydrogen) atoms. The summed E-state index contributed by atoms with van der Waals surface area (Å²) in [5, 5.41) is 6.01. The normalized spacial score (nSPS) is 24.9. The molecule has 0 radical (unpaired) electrons. The molecule has 0 aromatic heterocycles. The van der Waals surface area contributed by atoms with Crippen LogP contribution < -0.4 is 20.3 Å². The zero-order valence-electron chi connectivity index (χ0n) is 11.0. The molecule has 0 aliphatic carbocycles. The minimum atomic E-state index is -0.524. The fourth-order valence-corrected chi connectivity index (χ4v) is 2.56. The van der Waals surface area contributed by atoms with Gasteiger partial charge in [0.1, 0.15) is 11.8 Å². The van der Waals surface area contributed by atoms with Crippen LogP contribution in [-0.2, 0) is 9.59 Å². The predicted octanol–water partition coefficient (Wildman–Crippen LogP) is 1.02. The number of carbonyl (C=O) groups excluding carboxylic acids is 2. The molecule has 0 bridgehead atoms. The van der Waals surface area contributed by atoms with Crippen LogP contribution in [0.1, 0.15) is 13.8 Å². The number of anilines is 2. The molecule has 1 fully saturated rings. The van der Waals surface area contributed by atoms with Gasteiger partial charge in [0.25, 0.3) is 11.8 Å². The van der Waals surface area contributed by atoms with Gasteiger partial charge in [-0.1, -0.05) is 0 Å². The molecule has 1 aromatic carbocycles. The molecule has 2 atom stereocenters. The summed E-state index contributed by atoms with van der Waals surface area (Å²) in [5.41, 5.74) is 1.15. The number of hydrogen-bond acceptors (Lipinski definition) is 4. The Balaban J connectivity index is 1.97. The summed E-state index contributed by atoms with van der Waals surface area (Å²) < 4.78 is 5.47. The average Bonchev–Trinajstić information content (AvgIpc) is 2.64. The van der Waals surface area contributed by atoms with Crippen LogP contribution in [0.15, 0.2) is 18.2 Å². The first-order valence-electron chi connectivity index (χ1n) is 6.23. The molecular formula is C13H13N3O3S. The second-order valence-electron chi connectivity index (χ2n) is 4.77. The summed E-state index contributed by atoms with van der Waals surface area (Å²) in [6, 6.07) is 4.81. The number of hydrogen-bond donors (Lipinski definition) is 2. The SMILES string of the molecule is C[C@@H]1Oc2ccc(N3C(=O)[C@@H](C)NC3=S)cc2NC1=O. The van der Waals surface area contributed by atoms with Gasteiger partial charge < -0.3 is 15.4 Å². The Morgan fingerprint density at radius 1 is 1.30 bits per heavy atom. The smallest absolute Gasteiger partial charge is 0.265 e. The van der Waals surface area contributed by atoms with E-state index in [2.05, 4.69) is 10.6 Å². The fraction of sp³-hybridized carbons (Fsp3) is 0.308. The van der Waals surface area contributed by atoms with Crippen molar-refractivity contribution in [3.8, 4) is 5.75 Å². The van der Waals surface area contributed by atoms with Crippen molar-refractivity contribution >= 4 is 40.5 Å². The number of nitrogens with zero attached hydrogens (tertiary/aromatic N) is 1. The van der Waals surface area contributed by atoms with Gasteiger partial charge >= 0.3 is 0 Å². The highest BCUT2D eigenvalue weighted by Gasteiger charge is 2.34. The third-order valence-corrected chi connectivity index (χ3v) is 3.59. The maximum atomic E-state index is 12.1. The summed E-state index contributed by atoms with van der Waals surface area (Å²) >= 11 is 5.15. The highest BCUT2D eigenvalue weighted by molar-refractivity contribution is 7.80. The standard InChI is InChI=1S/C13H13N3O3S/c1-6-12(18)16(13(20)14-6)8-3-4-10-9(5-8)15-11(17)7(2)19-10/h3-7H,1-2H3,(H,14,20)(H,15,17)/t6-,7+/m1/s1. The van der Waals surface area contributed by atoms with Crippen molar-refractivity contribution < 1.29 is 14.3 Å².